The van der Waals surface area contributed by atoms with Gasteiger partial charge in [-0.1, -0.05) is 142 Å². The van der Waals surface area contributed by atoms with Crippen LogP contribution < -0.4 is 0 Å². The van der Waals surface area contributed by atoms with Gasteiger partial charge in [-0.2, -0.15) is 0 Å². The maximum Gasteiger partial charge on any atom is 0.160 e. The lowest BCUT2D eigenvalue weighted by atomic mass is 9.67. The Kier molecular flexibility index (Phi) is 7.21. The highest BCUT2D eigenvalue weighted by Gasteiger charge is 2.46. The Morgan fingerprint density at radius 2 is 1.05 bits per heavy atom. The first kappa shape index (κ1) is 33.5. The summed E-state index contributed by atoms with van der Waals surface area (Å²) in [7, 11) is 0. The van der Waals surface area contributed by atoms with Crippen LogP contribution in [0.25, 0.3) is 89.2 Å². The largest absolute Gasteiger partial charge is 0.456 e. The summed E-state index contributed by atoms with van der Waals surface area (Å²) in [5.41, 5.74) is 20.6. The first-order valence-corrected chi connectivity index (χ1v) is 20.9. The predicted octanol–water partition coefficient (Wildman–Crippen LogP) is 14.6. The van der Waals surface area contributed by atoms with Gasteiger partial charge < -0.3 is 4.42 Å². The van der Waals surface area contributed by atoms with Gasteiger partial charge in [0.05, 0.1) is 11.4 Å². The molecule has 0 atom stereocenters. The van der Waals surface area contributed by atoms with E-state index in [1.54, 1.807) is 5.56 Å². The van der Waals surface area contributed by atoms with Crippen molar-refractivity contribution in [1.82, 2.24) is 9.97 Å². The van der Waals surface area contributed by atoms with E-state index in [1.165, 1.54) is 82.2 Å². The molecular formula is C55H42N2O. The molecule has 1 saturated carbocycles. The van der Waals surface area contributed by atoms with Gasteiger partial charge in [0.25, 0.3) is 0 Å². The fourth-order valence-electron chi connectivity index (χ4n) is 10.8. The topological polar surface area (TPSA) is 38.9 Å². The molecule has 0 aliphatic heterocycles. The van der Waals surface area contributed by atoms with Crippen LogP contribution in [-0.2, 0) is 10.8 Å². The van der Waals surface area contributed by atoms with E-state index in [2.05, 4.69) is 141 Å². The molecule has 0 bridgehead atoms. The summed E-state index contributed by atoms with van der Waals surface area (Å²) in [6.45, 7) is 4.80. The van der Waals surface area contributed by atoms with Crippen LogP contribution >= 0.6 is 0 Å². The van der Waals surface area contributed by atoms with Crippen LogP contribution in [0.15, 0.2) is 162 Å². The van der Waals surface area contributed by atoms with E-state index < -0.39 is 0 Å². The summed E-state index contributed by atoms with van der Waals surface area (Å²) in [5.74, 6) is 0.702. The van der Waals surface area contributed by atoms with Crippen LogP contribution in [0, 0.1) is 0 Å². The maximum atomic E-state index is 6.30. The fourth-order valence-corrected chi connectivity index (χ4v) is 10.8. The van der Waals surface area contributed by atoms with Gasteiger partial charge >= 0.3 is 0 Å². The molecule has 3 nitrogen and oxygen atoms in total. The van der Waals surface area contributed by atoms with Gasteiger partial charge in [-0.05, 0) is 117 Å². The Balaban J connectivity index is 0.983. The molecular weight excluding hydrogens is 705 g/mol. The molecule has 0 unspecified atom stereocenters. The van der Waals surface area contributed by atoms with Crippen LogP contribution in [0.4, 0.5) is 0 Å². The van der Waals surface area contributed by atoms with Crippen molar-refractivity contribution >= 4 is 21.9 Å². The van der Waals surface area contributed by atoms with Crippen LogP contribution in [0.5, 0.6) is 0 Å². The Hall–Kier alpha value is -6.58. The zero-order chi connectivity index (χ0) is 38.6. The van der Waals surface area contributed by atoms with Crippen molar-refractivity contribution in [1.29, 1.82) is 0 Å². The standard InChI is InChI=1S/C55H42N2O/c1-54(2)45-20-9-7-18-39(45)43-32-48-44(31-47(43)54)42-29-36(23-25-46(42)55(48)26-11-4-12-27-55)35-16-13-17-37(28-35)49-33-50(57-53(56-49)34-14-5-3-6-15-34)38-22-24-41-40-19-8-10-21-51(40)58-52(41)30-38/h3,5-10,13-25,28-33H,4,11-12,26-27H2,1-2H3. The Bertz CT molecular complexity index is 3130. The summed E-state index contributed by atoms with van der Waals surface area (Å²) in [5, 5.41) is 2.23. The van der Waals surface area contributed by atoms with Crippen molar-refractivity contribution in [3.05, 3.63) is 180 Å². The van der Waals surface area contributed by atoms with Crippen LogP contribution in [-0.4, -0.2) is 9.97 Å². The molecule has 1 spiro atoms. The number of aromatic nitrogens is 2. The lowest BCUT2D eigenvalue weighted by Gasteiger charge is -2.36. The zero-order valence-corrected chi connectivity index (χ0v) is 32.8. The third-order valence-corrected chi connectivity index (χ3v) is 13.7. The van der Waals surface area contributed by atoms with Crippen molar-refractivity contribution < 1.29 is 4.42 Å². The molecule has 12 rings (SSSR count). The summed E-state index contributed by atoms with van der Waals surface area (Å²) in [6.07, 6.45) is 6.31. The minimum Gasteiger partial charge on any atom is -0.456 e. The molecule has 0 radical (unpaired) electrons. The highest BCUT2D eigenvalue weighted by atomic mass is 16.3. The summed E-state index contributed by atoms with van der Waals surface area (Å²) in [4.78, 5) is 10.3. The molecule has 1 fully saturated rings. The van der Waals surface area contributed by atoms with Crippen molar-refractivity contribution in [2.45, 2.75) is 56.8 Å². The molecule has 2 heterocycles. The molecule has 0 amide bonds. The Labute approximate surface area is 339 Å². The van der Waals surface area contributed by atoms with Gasteiger partial charge in [-0.25, -0.2) is 9.97 Å². The number of hydrogen-bond donors (Lipinski definition) is 0. The normalized spacial score (nSPS) is 15.7. The van der Waals surface area contributed by atoms with Gasteiger partial charge in [0.1, 0.15) is 11.2 Å². The molecule has 3 aliphatic rings. The maximum absolute atomic E-state index is 6.30. The summed E-state index contributed by atoms with van der Waals surface area (Å²) >= 11 is 0. The van der Waals surface area contributed by atoms with E-state index in [0.29, 0.717) is 5.82 Å². The van der Waals surface area contributed by atoms with Crippen molar-refractivity contribution in [2.24, 2.45) is 0 Å². The first-order chi connectivity index (χ1) is 28.4. The molecule has 0 saturated heterocycles. The quantitative estimate of drug-likeness (QED) is 0.180. The SMILES string of the molecule is CC1(C)c2ccccc2-c2cc3c(cc21)-c1cc(-c2cccc(-c4cc(-c5ccc6c(c5)oc5ccccc56)nc(-c5ccccc5)n4)c2)ccc1C31CCCCC1. The fraction of sp³-hybridized carbons (Fsp3) is 0.164. The summed E-state index contributed by atoms with van der Waals surface area (Å²) < 4.78 is 6.30. The zero-order valence-electron chi connectivity index (χ0n) is 32.8. The number of rotatable bonds is 4. The number of fused-ring (bicyclic) bond motifs is 11. The van der Waals surface area contributed by atoms with E-state index in [4.69, 9.17) is 14.4 Å². The molecule has 58 heavy (non-hydrogen) atoms. The van der Waals surface area contributed by atoms with Gasteiger partial charge in [0.15, 0.2) is 5.82 Å². The summed E-state index contributed by atoms with van der Waals surface area (Å²) in [6, 6.07) is 57.5. The van der Waals surface area contributed by atoms with Crippen molar-refractivity contribution in [3.63, 3.8) is 0 Å². The van der Waals surface area contributed by atoms with Crippen LogP contribution in [0.3, 0.4) is 0 Å². The minimum atomic E-state index is -0.0395. The molecule has 3 aliphatic carbocycles. The molecule has 9 aromatic rings. The predicted molar refractivity (Wildman–Crippen MR) is 238 cm³/mol. The molecule has 2 aromatic heterocycles. The van der Waals surface area contributed by atoms with Crippen LogP contribution in [0.2, 0.25) is 0 Å². The smallest absolute Gasteiger partial charge is 0.160 e. The number of nitrogens with zero attached hydrogens (tertiary/aromatic N) is 2. The minimum absolute atomic E-state index is 0.0395. The first-order valence-electron chi connectivity index (χ1n) is 20.9. The third-order valence-electron chi connectivity index (χ3n) is 13.7. The number of hydrogen-bond acceptors (Lipinski definition) is 3. The molecule has 278 valence electrons. The Morgan fingerprint density at radius 3 is 1.91 bits per heavy atom. The highest BCUT2D eigenvalue weighted by molar-refractivity contribution is 6.06. The number of para-hydroxylation sites is 1. The second-order valence-electron chi connectivity index (χ2n) is 17.2. The molecule has 3 heteroatoms. The van der Waals surface area contributed by atoms with E-state index >= 15 is 0 Å². The molecule has 7 aromatic carbocycles. The van der Waals surface area contributed by atoms with Crippen LogP contribution in [0.1, 0.15) is 68.2 Å². The van der Waals surface area contributed by atoms with E-state index in [1.807, 2.05) is 30.3 Å². The third kappa shape index (κ3) is 4.92. The highest BCUT2D eigenvalue weighted by Crippen LogP contribution is 2.60. The monoisotopic (exact) mass is 746 g/mol. The van der Waals surface area contributed by atoms with Crippen molar-refractivity contribution in [3.8, 4) is 67.3 Å². The average Bonchev–Trinajstić information content (AvgIpc) is 3.86. The molecule has 0 N–H and O–H groups in total. The second kappa shape index (κ2) is 12.5. The van der Waals surface area contributed by atoms with Gasteiger partial charge in [-0.3, -0.25) is 0 Å². The second-order valence-corrected chi connectivity index (χ2v) is 17.2. The number of furan rings is 1. The number of benzene rings is 7. The van der Waals surface area contributed by atoms with E-state index in [-0.39, 0.29) is 10.8 Å². The lowest BCUT2D eigenvalue weighted by molar-refractivity contribution is 0.353. The van der Waals surface area contributed by atoms with Crippen molar-refractivity contribution in [2.75, 3.05) is 0 Å². The van der Waals surface area contributed by atoms with Gasteiger partial charge in [-0.15, -0.1) is 0 Å². The van der Waals surface area contributed by atoms with Gasteiger partial charge in [0.2, 0.25) is 0 Å². The lowest BCUT2D eigenvalue weighted by Crippen LogP contribution is -2.28. The Morgan fingerprint density at radius 1 is 0.414 bits per heavy atom. The van der Waals surface area contributed by atoms with E-state index in [9.17, 15) is 0 Å². The van der Waals surface area contributed by atoms with Gasteiger partial charge in [0, 0.05) is 38.3 Å². The average molecular weight is 747 g/mol. The van der Waals surface area contributed by atoms with E-state index in [0.717, 1.165) is 50.0 Å².